The fourth-order valence-electron chi connectivity index (χ4n) is 1.01. The minimum absolute atomic E-state index is 0.240. The van der Waals surface area contributed by atoms with Crippen LogP contribution in [0, 0.1) is 12.3 Å². The summed E-state index contributed by atoms with van der Waals surface area (Å²) in [5.41, 5.74) is 2.93. The van der Waals surface area contributed by atoms with Gasteiger partial charge in [0, 0.05) is 12.0 Å². The monoisotopic (exact) mass is 203 g/mol. The van der Waals surface area contributed by atoms with Crippen molar-refractivity contribution in [3.63, 3.8) is 0 Å². The Kier molecular flexibility index (Phi) is 4.99. The second-order valence-electron chi connectivity index (χ2n) is 2.95. The van der Waals surface area contributed by atoms with Gasteiger partial charge in [0.1, 0.15) is 0 Å². The number of hydrogen-bond acceptors (Lipinski definition) is 2. The van der Waals surface area contributed by atoms with E-state index in [-0.39, 0.29) is 5.91 Å². The van der Waals surface area contributed by atoms with E-state index in [1.807, 2.05) is 6.07 Å². The van der Waals surface area contributed by atoms with Crippen LogP contribution < -0.4 is 5.48 Å². The van der Waals surface area contributed by atoms with Gasteiger partial charge in [-0.2, -0.15) is 0 Å². The Morgan fingerprint density at radius 1 is 1.40 bits per heavy atom. The molecule has 0 spiro atoms. The van der Waals surface area contributed by atoms with Crippen molar-refractivity contribution >= 4 is 5.91 Å². The topological polar surface area (TPSA) is 38.3 Å². The van der Waals surface area contributed by atoms with Gasteiger partial charge < -0.3 is 0 Å². The Hall–Kier alpha value is -1.79. The molecular formula is C12H13NO2. The number of hydrogen-bond donors (Lipinski definition) is 1. The summed E-state index contributed by atoms with van der Waals surface area (Å²) in [5.74, 6) is 2.26. The maximum absolute atomic E-state index is 11.4. The highest BCUT2D eigenvalue weighted by Crippen LogP contribution is 1.97. The lowest BCUT2D eigenvalue weighted by Gasteiger charge is -2.04. The normalized spacial score (nSPS) is 9.27. The molecule has 78 valence electrons. The maximum atomic E-state index is 11.4. The Morgan fingerprint density at radius 3 is 2.80 bits per heavy atom. The molecule has 1 aromatic rings. The van der Waals surface area contributed by atoms with Gasteiger partial charge >= 0.3 is 0 Å². The standard InChI is InChI=1S/C12H13NO2/c1-2-3-7-10-15-13-12(14)11-8-5-4-6-9-11/h1,4-6,8-9H,3,7,10H2,(H,13,14). The van der Waals surface area contributed by atoms with Crippen LogP contribution in [0.25, 0.3) is 0 Å². The van der Waals surface area contributed by atoms with Crippen molar-refractivity contribution in [3.8, 4) is 12.3 Å². The van der Waals surface area contributed by atoms with Crippen LogP contribution in [0.5, 0.6) is 0 Å². The van der Waals surface area contributed by atoms with Crippen molar-refractivity contribution in [2.45, 2.75) is 12.8 Å². The van der Waals surface area contributed by atoms with E-state index in [2.05, 4.69) is 11.4 Å². The number of carbonyl (C=O) groups excluding carboxylic acids is 1. The summed E-state index contributed by atoms with van der Waals surface area (Å²) in [6, 6.07) is 8.89. The third-order valence-electron chi connectivity index (χ3n) is 1.77. The fraction of sp³-hybridized carbons (Fsp3) is 0.250. The Labute approximate surface area is 89.4 Å². The number of nitrogens with one attached hydrogen (secondary N) is 1. The predicted octanol–water partition coefficient (Wildman–Crippen LogP) is 1.76. The molecule has 0 aliphatic heterocycles. The van der Waals surface area contributed by atoms with Crippen molar-refractivity contribution in [2.24, 2.45) is 0 Å². The third kappa shape index (κ3) is 4.30. The number of rotatable bonds is 5. The first-order valence-corrected chi connectivity index (χ1v) is 4.75. The SMILES string of the molecule is C#CCCCONC(=O)c1ccccc1. The highest BCUT2D eigenvalue weighted by Gasteiger charge is 2.02. The molecule has 1 N–H and O–H groups in total. The van der Waals surface area contributed by atoms with Gasteiger partial charge in [-0.15, -0.1) is 12.3 Å². The van der Waals surface area contributed by atoms with Crippen LogP contribution in [0.4, 0.5) is 0 Å². The molecule has 0 heterocycles. The van der Waals surface area contributed by atoms with Crippen LogP contribution in [0.1, 0.15) is 23.2 Å². The van der Waals surface area contributed by atoms with Crippen molar-refractivity contribution in [2.75, 3.05) is 6.61 Å². The van der Waals surface area contributed by atoms with E-state index in [1.165, 1.54) is 0 Å². The first-order chi connectivity index (χ1) is 7.34. The molecule has 0 bridgehead atoms. The van der Waals surface area contributed by atoms with Gasteiger partial charge in [0.2, 0.25) is 0 Å². The summed E-state index contributed by atoms with van der Waals surface area (Å²) >= 11 is 0. The van der Waals surface area contributed by atoms with Crippen molar-refractivity contribution in [3.05, 3.63) is 35.9 Å². The molecule has 15 heavy (non-hydrogen) atoms. The summed E-state index contributed by atoms with van der Waals surface area (Å²) in [6.07, 6.45) is 6.46. The van der Waals surface area contributed by atoms with Crippen LogP contribution >= 0.6 is 0 Å². The van der Waals surface area contributed by atoms with E-state index in [4.69, 9.17) is 11.3 Å². The lowest BCUT2D eigenvalue weighted by molar-refractivity contribution is 0.0307. The summed E-state index contributed by atoms with van der Waals surface area (Å²) < 4.78 is 0. The Balaban J connectivity index is 2.23. The number of carbonyl (C=O) groups is 1. The fourth-order valence-corrected chi connectivity index (χ4v) is 1.01. The first kappa shape index (κ1) is 11.3. The van der Waals surface area contributed by atoms with Gasteiger partial charge in [0.05, 0.1) is 6.61 Å². The molecule has 1 amide bonds. The zero-order valence-corrected chi connectivity index (χ0v) is 8.40. The Morgan fingerprint density at radius 2 is 2.13 bits per heavy atom. The van der Waals surface area contributed by atoms with Gasteiger partial charge in [-0.05, 0) is 18.6 Å². The van der Waals surface area contributed by atoms with Crippen molar-refractivity contribution in [1.29, 1.82) is 0 Å². The first-order valence-electron chi connectivity index (χ1n) is 4.75. The molecule has 3 heteroatoms. The largest absolute Gasteiger partial charge is 0.274 e. The highest BCUT2D eigenvalue weighted by atomic mass is 16.6. The van der Waals surface area contributed by atoms with Gasteiger partial charge in [-0.1, -0.05) is 18.2 Å². The molecule has 1 aromatic carbocycles. The number of unbranched alkanes of at least 4 members (excludes halogenated alkanes) is 1. The Bertz CT molecular complexity index is 340. The summed E-state index contributed by atoms with van der Waals surface area (Å²) in [4.78, 5) is 16.4. The van der Waals surface area contributed by atoms with Crippen molar-refractivity contribution in [1.82, 2.24) is 5.48 Å². The minimum atomic E-state index is -0.240. The summed E-state index contributed by atoms with van der Waals surface area (Å²) in [7, 11) is 0. The van der Waals surface area contributed by atoms with Crippen molar-refractivity contribution < 1.29 is 9.63 Å². The second-order valence-corrected chi connectivity index (χ2v) is 2.95. The third-order valence-corrected chi connectivity index (χ3v) is 1.77. The molecule has 0 unspecified atom stereocenters. The average Bonchev–Trinajstić information content (AvgIpc) is 2.30. The average molecular weight is 203 g/mol. The number of amides is 1. The lowest BCUT2D eigenvalue weighted by atomic mass is 10.2. The molecule has 0 radical (unpaired) electrons. The van der Waals surface area contributed by atoms with Gasteiger partial charge in [-0.3, -0.25) is 9.63 Å². The molecule has 0 saturated heterocycles. The quantitative estimate of drug-likeness (QED) is 0.450. The van der Waals surface area contributed by atoms with E-state index in [9.17, 15) is 4.79 Å². The number of hydroxylamine groups is 1. The number of terminal acetylenes is 1. The molecule has 0 saturated carbocycles. The van der Waals surface area contributed by atoms with Gasteiger partial charge in [-0.25, -0.2) is 5.48 Å². The van der Waals surface area contributed by atoms with E-state index < -0.39 is 0 Å². The van der Waals surface area contributed by atoms with Crippen LogP contribution in [-0.4, -0.2) is 12.5 Å². The predicted molar refractivity (Wildman–Crippen MR) is 57.9 cm³/mol. The lowest BCUT2D eigenvalue weighted by Crippen LogP contribution is -2.24. The molecular weight excluding hydrogens is 190 g/mol. The number of benzene rings is 1. The van der Waals surface area contributed by atoms with E-state index in [0.29, 0.717) is 18.6 Å². The summed E-state index contributed by atoms with van der Waals surface area (Å²) in [6.45, 7) is 0.433. The van der Waals surface area contributed by atoms with Gasteiger partial charge in [0.25, 0.3) is 5.91 Å². The second kappa shape index (κ2) is 6.63. The highest BCUT2D eigenvalue weighted by molar-refractivity contribution is 5.93. The molecule has 0 aromatic heterocycles. The van der Waals surface area contributed by atoms with Crippen LogP contribution in [0.3, 0.4) is 0 Å². The van der Waals surface area contributed by atoms with Crippen LogP contribution in [-0.2, 0) is 4.84 Å². The molecule has 0 atom stereocenters. The molecule has 1 rings (SSSR count). The van der Waals surface area contributed by atoms with Crippen LogP contribution in [0.2, 0.25) is 0 Å². The molecule has 0 aliphatic rings. The van der Waals surface area contributed by atoms with Gasteiger partial charge in [0.15, 0.2) is 0 Å². The minimum Gasteiger partial charge on any atom is -0.273 e. The molecule has 0 aliphatic carbocycles. The maximum Gasteiger partial charge on any atom is 0.274 e. The van der Waals surface area contributed by atoms with E-state index >= 15 is 0 Å². The zero-order chi connectivity index (χ0) is 10.9. The smallest absolute Gasteiger partial charge is 0.273 e. The summed E-state index contributed by atoms with van der Waals surface area (Å²) in [5, 5.41) is 0. The van der Waals surface area contributed by atoms with E-state index in [1.54, 1.807) is 24.3 Å². The van der Waals surface area contributed by atoms with E-state index in [0.717, 1.165) is 6.42 Å². The molecule has 0 fully saturated rings. The van der Waals surface area contributed by atoms with Crippen LogP contribution in [0.15, 0.2) is 30.3 Å². The zero-order valence-electron chi connectivity index (χ0n) is 8.40. The molecule has 3 nitrogen and oxygen atoms in total.